The fraction of sp³-hybridized carbons (Fsp3) is 0.773. The van der Waals surface area contributed by atoms with Crippen LogP contribution in [0.25, 0.3) is 0 Å². The lowest BCUT2D eigenvalue weighted by atomic mass is 10.0. The molecule has 0 aromatic heterocycles. The van der Waals surface area contributed by atoms with Crippen LogP contribution in [-0.4, -0.2) is 35.3 Å². The Morgan fingerprint density at radius 3 is 1.85 bits per heavy atom. The summed E-state index contributed by atoms with van der Waals surface area (Å²) < 4.78 is 5.39. The largest absolute Gasteiger partial charge is 0.464 e. The minimum absolute atomic E-state index is 0.361. The molecular formula is C22H37NO4. The van der Waals surface area contributed by atoms with Crippen molar-refractivity contribution in [3.05, 3.63) is 12.2 Å². The number of carbonyl (C=O) groups is 3. The summed E-state index contributed by atoms with van der Waals surface area (Å²) in [5, 5.41) is 0. The number of amides is 2. The Labute approximate surface area is 164 Å². The van der Waals surface area contributed by atoms with E-state index in [0.29, 0.717) is 13.0 Å². The van der Waals surface area contributed by atoms with Gasteiger partial charge in [-0.25, -0.2) is 4.79 Å². The van der Waals surface area contributed by atoms with Crippen LogP contribution >= 0.6 is 0 Å². The molecule has 1 aliphatic heterocycles. The average molecular weight is 380 g/mol. The van der Waals surface area contributed by atoms with Crippen molar-refractivity contribution in [1.82, 2.24) is 4.90 Å². The lowest BCUT2D eigenvalue weighted by molar-refractivity contribution is -0.158. The van der Waals surface area contributed by atoms with Crippen LogP contribution in [0, 0.1) is 0 Å². The van der Waals surface area contributed by atoms with E-state index in [-0.39, 0.29) is 0 Å². The molecule has 1 heterocycles. The van der Waals surface area contributed by atoms with Crippen LogP contribution in [-0.2, 0) is 19.1 Å². The summed E-state index contributed by atoms with van der Waals surface area (Å²) in [6, 6.07) is -0.786. The molecule has 0 N–H and O–H groups in total. The van der Waals surface area contributed by atoms with Crippen LogP contribution in [0.1, 0.15) is 97.3 Å². The van der Waals surface area contributed by atoms with Gasteiger partial charge in [-0.1, -0.05) is 84.5 Å². The second kappa shape index (κ2) is 14.4. The zero-order valence-electron chi connectivity index (χ0n) is 17.2. The molecule has 2 amide bonds. The molecule has 0 aliphatic carbocycles. The minimum atomic E-state index is -0.786. The maximum absolute atomic E-state index is 12.5. The van der Waals surface area contributed by atoms with Crippen LogP contribution in [0.3, 0.4) is 0 Å². The SMILES string of the molecule is CCCCCCCCCC(C(=O)OCCCCCCC)N1C(=O)C=CC1=O. The van der Waals surface area contributed by atoms with E-state index in [1.54, 1.807) is 0 Å². The summed E-state index contributed by atoms with van der Waals surface area (Å²) in [5.74, 6) is -1.26. The van der Waals surface area contributed by atoms with Crippen molar-refractivity contribution >= 4 is 17.8 Å². The zero-order chi connectivity index (χ0) is 19.9. The van der Waals surface area contributed by atoms with Gasteiger partial charge in [-0.05, 0) is 12.8 Å². The molecule has 0 aromatic carbocycles. The van der Waals surface area contributed by atoms with Crippen LogP contribution < -0.4 is 0 Å². The van der Waals surface area contributed by atoms with E-state index >= 15 is 0 Å². The summed E-state index contributed by atoms with van der Waals surface area (Å²) >= 11 is 0. The van der Waals surface area contributed by atoms with E-state index in [2.05, 4.69) is 13.8 Å². The molecule has 0 bridgehead atoms. The lowest BCUT2D eigenvalue weighted by Gasteiger charge is -2.24. The van der Waals surface area contributed by atoms with Crippen molar-refractivity contribution in [1.29, 1.82) is 0 Å². The molecule has 0 saturated carbocycles. The molecule has 5 nitrogen and oxygen atoms in total. The van der Waals surface area contributed by atoms with Crippen molar-refractivity contribution < 1.29 is 19.1 Å². The topological polar surface area (TPSA) is 63.7 Å². The Kier molecular flexibility index (Phi) is 12.5. The highest BCUT2D eigenvalue weighted by Gasteiger charge is 2.36. The molecule has 1 rings (SSSR count). The Balaban J connectivity index is 2.42. The number of carbonyl (C=O) groups excluding carboxylic acids is 3. The molecule has 0 radical (unpaired) electrons. The van der Waals surface area contributed by atoms with Crippen molar-refractivity contribution in [2.45, 2.75) is 103 Å². The molecule has 154 valence electrons. The summed E-state index contributed by atoms with van der Waals surface area (Å²) in [6.45, 7) is 4.71. The van der Waals surface area contributed by atoms with E-state index in [1.165, 1.54) is 50.7 Å². The minimum Gasteiger partial charge on any atom is -0.464 e. The van der Waals surface area contributed by atoms with E-state index < -0.39 is 23.8 Å². The van der Waals surface area contributed by atoms with Gasteiger partial charge in [0, 0.05) is 12.2 Å². The molecule has 0 saturated heterocycles. The zero-order valence-corrected chi connectivity index (χ0v) is 17.2. The van der Waals surface area contributed by atoms with E-state index in [4.69, 9.17) is 4.74 Å². The molecule has 1 aliphatic rings. The Hall–Kier alpha value is -1.65. The van der Waals surface area contributed by atoms with E-state index in [1.807, 2.05) is 0 Å². The van der Waals surface area contributed by atoms with Crippen molar-refractivity contribution in [3.63, 3.8) is 0 Å². The quantitative estimate of drug-likeness (QED) is 0.217. The fourth-order valence-corrected chi connectivity index (χ4v) is 3.34. The third-order valence-corrected chi connectivity index (χ3v) is 5.00. The van der Waals surface area contributed by atoms with E-state index in [0.717, 1.165) is 43.4 Å². The standard InChI is InChI=1S/C22H37NO4/c1-3-5-7-9-10-11-13-15-19(23-20(24)16-17-21(23)25)22(26)27-18-14-12-8-6-4-2/h16-17,19H,3-15,18H2,1-2H3. The normalized spacial score (nSPS) is 14.8. The number of rotatable bonds is 16. The van der Waals surface area contributed by atoms with Gasteiger partial charge in [0.25, 0.3) is 11.8 Å². The predicted octanol–water partition coefficient (Wildman–Crippen LogP) is 4.93. The predicted molar refractivity (Wildman–Crippen MR) is 107 cm³/mol. The summed E-state index contributed by atoms with van der Waals surface area (Å²) in [5.41, 5.74) is 0. The number of esters is 1. The first kappa shape index (κ1) is 23.4. The van der Waals surface area contributed by atoms with Crippen LogP contribution in [0.5, 0.6) is 0 Å². The number of ether oxygens (including phenoxy) is 1. The van der Waals surface area contributed by atoms with E-state index in [9.17, 15) is 14.4 Å². The highest BCUT2D eigenvalue weighted by molar-refractivity contribution is 6.14. The van der Waals surface area contributed by atoms with Gasteiger partial charge in [0.05, 0.1) is 6.61 Å². The molecule has 0 spiro atoms. The highest BCUT2D eigenvalue weighted by Crippen LogP contribution is 2.18. The third-order valence-electron chi connectivity index (χ3n) is 5.00. The van der Waals surface area contributed by atoms with Crippen molar-refractivity contribution in [2.24, 2.45) is 0 Å². The first-order chi connectivity index (χ1) is 13.1. The Morgan fingerprint density at radius 1 is 0.815 bits per heavy atom. The molecule has 0 fully saturated rings. The Bertz CT molecular complexity index is 469. The maximum Gasteiger partial charge on any atom is 0.329 e. The van der Waals surface area contributed by atoms with Gasteiger partial charge in [0.1, 0.15) is 6.04 Å². The lowest BCUT2D eigenvalue weighted by Crippen LogP contribution is -2.45. The summed E-state index contributed by atoms with van der Waals surface area (Å²) in [4.78, 5) is 37.6. The van der Waals surface area contributed by atoms with Gasteiger partial charge in [-0.3, -0.25) is 14.5 Å². The highest BCUT2D eigenvalue weighted by atomic mass is 16.5. The number of nitrogens with zero attached hydrogens (tertiary/aromatic N) is 1. The second-order valence-corrected chi connectivity index (χ2v) is 7.39. The number of unbranched alkanes of at least 4 members (excludes halogenated alkanes) is 10. The monoisotopic (exact) mass is 379 g/mol. The molecule has 1 unspecified atom stereocenters. The van der Waals surface area contributed by atoms with Gasteiger partial charge >= 0.3 is 5.97 Å². The van der Waals surface area contributed by atoms with Gasteiger partial charge in [-0.15, -0.1) is 0 Å². The van der Waals surface area contributed by atoms with Crippen molar-refractivity contribution in [3.8, 4) is 0 Å². The fourth-order valence-electron chi connectivity index (χ4n) is 3.34. The average Bonchev–Trinajstić information content (AvgIpc) is 2.99. The molecule has 5 heteroatoms. The molecular weight excluding hydrogens is 342 g/mol. The number of imide groups is 1. The van der Waals surface area contributed by atoms with Gasteiger partial charge in [0.2, 0.25) is 0 Å². The maximum atomic E-state index is 12.5. The Morgan fingerprint density at radius 2 is 1.30 bits per heavy atom. The molecule has 1 atom stereocenters. The van der Waals surface area contributed by atoms with Gasteiger partial charge < -0.3 is 4.74 Å². The van der Waals surface area contributed by atoms with Crippen molar-refractivity contribution in [2.75, 3.05) is 6.61 Å². The first-order valence-corrected chi connectivity index (χ1v) is 10.8. The smallest absolute Gasteiger partial charge is 0.329 e. The number of hydrogen-bond acceptors (Lipinski definition) is 4. The first-order valence-electron chi connectivity index (χ1n) is 10.8. The van der Waals surface area contributed by atoms with Gasteiger partial charge in [0.15, 0.2) is 0 Å². The summed E-state index contributed by atoms with van der Waals surface area (Å²) in [7, 11) is 0. The van der Waals surface area contributed by atoms with Crippen LogP contribution in [0.4, 0.5) is 0 Å². The van der Waals surface area contributed by atoms with Crippen LogP contribution in [0.2, 0.25) is 0 Å². The number of hydrogen-bond donors (Lipinski definition) is 0. The third kappa shape index (κ3) is 9.21. The van der Waals surface area contributed by atoms with Gasteiger partial charge in [-0.2, -0.15) is 0 Å². The molecule has 27 heavy (non-hydrogen) atoms. The van der Waals surface area contributed by atoms with Crippen LogP contribution in [0.15, 0.2) is 12.2 Å². The summed E-state index contributed by atoms with van der Waals surface area (Å²) in [6.07, 6.45) is 16.2. The second-order valence-electron chi connectivity index (χ2n) is 7.39. The molecule has 0 aromatic rings.